The summed E-state index contributed by atoms with van der Waals surface area (Å²) < 4.78 is 5.70. The number of amides is 2. The molecule has 0 heterocycles. The van der Waals surface area contributed by atoms with Gasteiger partial charge in [-0.3, -0.25) is 14.4 Å². The first kappa shape index (κ1) is 26.1. The molecule has 3 aromatic rings. The highest BCUT2D eigenvalue weighted by Gasteiger charge is 2.12. The SMILES string of the molecule is O=C(CCC(=O)OCC(=O)Nc1ccc(Br)cc1Cl)Nc1ccc(Sc2ccc(Cl)cc2)cc1. The van der Waals surface area contributed by atoms with Crippen LogP contribution in [0.3, 0.4) is 0 Å². The van der Waals surface area contributed by atoms with Gasteiger partial charge >= 0.3 is 5.97 Å². The minimum absolute atomic E-state index is 0.0692. The Balaban J connectivity index is 1.37. The van der Waals surface area contributed by atoms with E-state index in [4.69, 9.17) is 27.9 Å². The van der Waals surface area contributed by atoms with Crippen LogP contribution in [0.15, 0.2) is 81.0 Å². The van der Waals surface area contributed by atoms with Crippen LogP contribution in [0.5, 0.6) is 0 Å². The van der Waals surface area contributed by atoms with E-state index in [2.05, 4.69) is 26.6 Å². The van der Waals surface area contributed by atoms with Gasteiger partial charge in [0, 0.05) is 31.4 Å². The van der Waals surface area contributed by atoms with Crippen molar-refractivity contribution >= 4 is 80.1 Å². The third-order valence-electron chi connectivity index (χ3n) is 4.31. The first-order chi connectivity index (χ1) is 16.3. The molecule has 0 fully saturated rings. The molecule has 10 heteroatoms. The predicted molar refractivity (Wildman–Crippen MR) is 139 cm³/mol. The van der Waals surface area contributed by atoms with Crippen molar-refractivity contribution < 1.29 is 19.1 Å². The van der Waals surface area contributed by atoms with Gasteiger partial charge in [0.05, 0.1) is 17.1 Å². The molecule has 0 saturated carbocycles. The molecule has 34 heavy (non-hydrogen) atoms. The minimum atomic E-state index is -0.651. The number of esters is 1. The van der Waals surface area contributed by atoms with Gasteiger partial charge in [-0.2, -0.15) is 0 Å². The molecule has 0 aromatic heterocycles. The van der Waals surface area contributed by atoms with E-state index < -0.39 is 18.5 Å². The van der Waals surface area contributed by atoms with Crippen molar-refractivity contribution in [3.05, 3.63) is 81.2 Å². The summed E-state index contributed by atoms with van der Waals surface area (Å²) in [7, 11) is 0. The van der Waals surface area contributed by atoms with Gasteiger partial charge in [-0.25, -0.2) is 0 Å². The van der Waals surface area contributed by atoms with Crippen molar-refractivity contribution in [3.63, 3.8) is 0 Å². The Hall–Kier alpha value is -2.52. The van der Waals surface area contributed by atoms with Crippen LogP contribution in [0.2, 0.25) is 10.0 Å². The second kappa shape index (κ2) is 12.8. The summed E-state index contributed by atoms with van der Waals surface area (Å²) in [5, 5.41) is 6.32. The van der Waals surface area contributed by atoms with Gasteiger partial charge in [0.25, 0.3) is 5.91 Å². The summed E-state index contributed by atoms with van der Waals surface area (Å²) in [6.45, 7) is -0.473. The summed E-state index contributed by atoms with van der Waals surface area (Å²) in [6, 6.07) is 19.8. The Morgan fingerprint density at radius 2 is 1.47 bits per heavy atom. The maximum atomic E-state index is 12.1. The van der Waals surface area contributed by atoms with Crippen LogP contribution < -0.4 is 10.6 Å². The molecule has 6 nitrogen and oxygen atoms in total. The molecule has 0 spiro atoms. The fourth-order valence-corrected chi connectivity index (χ4v) is 4.34. The molecule has 3 rings (SSSR count). The predicted octanol–water partition coefficient (Wildman–Crippen LogP) is 6.81. The van der Waals surface area contributed by atoms with E-state index in [0.29, 0.717) is 21.4 Å². The lowest BCUT2D eigenvalue weighted by Crippen LogP contribution is -2.22. The van der Waals surface area contributed by atoms with Gasteiger partial charge in [0.15, 0.2) is 6.61 Å². The van der Waals surface area contributed by atoms with E-state index in [1.165, 1.54) is 0 Å². The van der Waals surface area contributed by atoms with Crippen LogP contribution in [0.4, 0.5) is 11.4 Å². The largest absolute Gasteiger partial charge is 0.456 e. The van der Waals surface area contributed by atoms with E-state index in [1.54, 1.807) is 42.1 Å². The van der Waals surface area contributed by atoms with E-state index >= 15 is 0 Å². The highest BCUT2D eigenvalue weighted by Crippen LogP contribution is 2.29. The summed E-state index contributed by atoms with van der Waals surface area (Å²) in [4.78, 5) is 38.0. The minimum Gasteiger partial charge on any atom is -0.456 e. The first-order valence-corrected chi connectivity index (χ1v) is 12.4. The molecule has 0 bridgehead atoms. The molecule has 0 saturated heterocycles. The van der Waals surface area contributed by atoms with Crippen LogP contribution in [0.25, 0.3) is 0 Å². The summed E-state index contributed by atoms with van der Waals surface area (Å²) in [6.07, 6.45) is -0.219. The van der Waals surface area contributed by atoms with Gasteiger partial charge in [-0.1, -0.05) is 50.9 Å². The summed E-state index contributed by atoms with van der Waals surface area (Å²) >= 11 is 16.8. The van der Waals surface area contributed by atoms with Gasteiger partial charge in [0.1, 0.15) is 0 Å². The van der Waals surface area contributed by atoms with Crippen LogP contribution in [-0.4, -0.2) is 24.4 Å². The van der Waals surface area contributed by atoms with Crippen LogP contribution >= 0.6 is 50.9 Å². The first-order valence-electron chi connectivity index (χ1n) is 10.0. The van der Waals surface area contributed by atoms with Crippen LogP contribution in [0, 0.1) is 0 Å². The Bertz CT molecular complexity index is 1170. The van der Waals surface area contributed by atoms with Gasteiger partial charge < -0.3 is 15.4 Å². The smallest absolute Gasteiger partial charge is 0.306 e. The zero-order valence-electron chi connectivity index (χ0n) is 17.6. The van der Waals surface area contributed by atoms with Crippen molar-refractivity contribution in [3.8, 4) is 0 Å². The second-order valence-electron chi connectivity index (χ2n) is 6.96. The van der Waals surface area contributed by atoms with Gasteiger partial charge in [0.2, 0.25) is 5.91 Å². The number of rotatable bonds is 9. The number of hydrogen-bond acceptors (Lipinski definition) is 5. The fourth-order valence-electron chi connectivity index (χ4n) is 2.68. The average molecular weight is 582 g/mol. The van der Waals surface area contributed by atoms with Crippen LogP contribution in [0.1, 0.15) is 12.8 Å². The summed E-state index contributed by atoms with van der Waals surface area (Å²) in [5.74, 6) is -1.51. The number of anilines is 2. The normalized spacial score (nSPS) is 10.4. The quantitative estimate of drug-likeness (QED) is 0.271. The number of halogens is 3. The number of carbonyl (C=O) groups excluding carboxylic acids is 3. The number of benzene rings is 3. The Kier molecular flexibility index (Phi) is 9.83. The van der Waals surface area contributed by atoms with Crippen molar-refractivity contribution in [2.45, 2.75) is 22.6 Å². The zero-order valence-corrected chi connectivity index (χ0v) is 21.6. The molecule has 0 aliphatic carbocycles. The zero-order chi connectivity index (χ0) is 24.5. The second-order valence-corrected chi connectivity index (χ2v) is 9.87. The summed E-state index contributed by atoms with van der Waals surface area (Å²) in [5.41, 5.74) is 1.02. The van der Waals surface area contributed by atoms with Gasteiger partial charge in [-0.05, 0) is 66.7 Å². The Morgan fingerprint density at radius 3 is 2.12 bits per heavy atom. The molecule has 3 aromatic carbocycles. The molecule has 176 valence electrons. The number of carbonyl (C=O) groups is 3. The molecule has 0 unspecified atom stereocenters. The number of ether oxygens (including phenoxy) is 1. The van der Waals surface area contributed by atoms with E-state index in [1.807, 2.05) is 36.4 Å². The van der Waals surface area contributed by atoms with E-state index in [9.17, 15) is 14.4 Å². The molecule has 2 N–H and O–H groups in total. The van der Waals surface area contributed by atoms with Gasteiger partial charge in [-0.15, -0.1) is 0 Å². The third-order valence-corrected chi connectivity index (χ3v) is 6.39. The van der Waals surface area contributed by atoms with Crippen LogP contribution in [-0.2, 0) is 19.1 Å². The third kappa shape index (κ3) is 8.68. The Morgan fingerprint density at radius 1 is 0.824 bits per heavy atom. The monoisotopic (exact) mass is 580 g/mol. The maximum absolute atomic E-state index is 12.1. The molecular weight excluding hydrogens is 563 g/mol. The lowest BCUT2D eigenvalue weighted by atomic mass is 10.2. The standard InChI is InChI=1S/C24H19BrCl2N2O4S/c25-15-1-10-21(20(27)13-15)29-23(31)14-33-24(32)12-11-22(30)28-17-4-8-19(9-5-17)34-18-6-2-16(26)3-7-18/h1-10,13H,11-12,14H2,(H,28,30)(H,29,31). The highest BCUT2D eigenvalue weighted by molar-refractivity contribution is 9.10. The molecule has 0 atom stereocenters. The lowest BCUT2D eigenvalue weighted by Gasteiger charge is -2.09. The molecular formula is C24H19BrCl2N2O4S. The fraction of sp³-hybridized carbons (Fsp3) is 0.125. The van der Waals surface area contributed by atoms with Crippen molar-refractivity contribution in [1.29, 1.82) is 0 Å². The van der Waals surface area contributed by atoms with Crippen molar-refractivity contribution in [2.24, 2.45) is 0 Å². The highest BCUT2D eigenvalue weighted by atomic mass is 79.9. The lowest BCUT2D eigenvalue weighted by molar-refractivity contribution is -0.147. The Labute approximate surface area is 219 Å². The number of hydrogen-bond donors (Lipinski definition) is 2. The topological polar surface area (TPSA) is 84.5 Å². The molecule has 0 radical (unpaired) electrons. The van der Waals surface area contributed by atoms with E-state index in [-0.39, 0.29) is 18.7 Å². The van der Waals surface area contributed by atoms with E-state index in [0.717, 1.165) is 14.3 Å². The maximum Gasteiger partial charge on any atom is 0.306 e. The van der Waals surface area contributed by atoms with Crippen molar-refractivity contribution in [1.82, 2.24) is 0 Å². The molecule has 0 aliphatic heterocycles. The van der Waals surface area contributed by atoms with Crippen molar-refractivity contribution in [2.75, 3.05) is 17.2 Å². The molecule has 0 aliphatic rings. The number of nitrogens with one attached hydrogen (secondary N) is 2. The molecule has 2 amide bonds. The average Bonchev–Trinajstić information content (AvgIpc) is 2.81.